The number of esters is 1. The minimum atomic E-state index is -3.89. The number of rotatable bonds is 6. The molecule has 7 nitrogen and oxygen atoms in total. The van der Waals surface area contributed by atoms with Crippen LogP contribution in [0, 0.1) is 11.3 Å². The Bertz CT molecular complexity index is 1290. The van der Waals surface area contributed by atoms with Gasteiger partial charge in [-0.25, -0.2) is 0 Å². The van der Waals surface area contributed by atoms with E-state index in [1.54, 1.807) is 12.1 Å². The molecule has 2 aromatic rings. The molecule has 0 saturated heterocycles. The van der Waals surface area contributed by atoms with E-state index in [2.05, 4.69) is 48.9 Å². The summed E-state index contributed by atoms with van der Waals surface area (Å²) in [6, 6.07) is 12.6. The molecule has 3 atom stereocenters. The maximum absolute atomic E-state index is 13.1. The van der Waals surface area contributed by atoms with E-state index in [1.807, 2.05) is 6.92 Å². The standard InChI is InChI=1S/C28H36N2O5S/c1-18(2)19-8-13-23-22(16-19)24(29-30-36(32,33)21-11-9-20(34-5)10-12-21)17-25-27(23,3)14-7-15-28(25,4)26(31)35-6/h8-13,16,18,25,30H,7,14-15,17H2,1-6H3/t25?,27-,28-/m1/s1. The molecule has 0 aromatic heterocycles. The van der Waals surface area contributed by atoms with Crippen LogP contribution in [0.4, 0.5) is 0 Å². The number of fused-ring (bicyclic) bond motifs is 3. The molecule has 4 rings (SSSR count). The molecule has 36 heavy (non-hydrogen) atoms. The number of ether oxygens (including phenoxy) is 2. The van der Waals surface area contributed by atoms with Gasteiger partial charge in [-0.3, -0.25) is 4.79 Å². The molecule has 0 spiro atoms. The van der Waals surface area contributed by atoms with Gasteiger partial charge in [-0.05, 0) is 84.9 Å². The fraction of sp³-hybridized carbons (Fsp3) is 0.500. The molecule has 0 heterocycles. The van der Waals surface area contributed by atoms with Crippen LogP contribution in [0.3, 0.4) is 0 Å². The Morgan fingerprint density at radius 2 is 1.78 bits per heavy atom. The van der Waals surface area contributed by atoms with E-state index < -0.39 is 15.4 Å². The van der Waals surface area contributed by atoms with E-state index in [9.17, 15) is 13.2 Å². The first-order chi connectivity index (χ1) is 17.0. The number of hydrazone groups is 1. The van der Waals surface area contributed by atoms with Crippen molar-refractivity contribution in [3.63, 3.8) is 0 Å². The molecule has 1 fully saturated rings. The Balaban J connectivity index is 1.81. The maximum atomic E-state index is 13.1. The number of sulfonamides is 1. The second kappa shape index (κ2) is 9.54. The average Bonchev–Trinajstić information content (AvgIpc) is 2.87. The van der Waals surface area contributed by atoms with Gasteiger partial charge < -0.3 is 9.47 Å². The molecule has 0 bridgehead atoms. The van der Waals surface area contributed by atoms with Gasteiger partial charge in [0.25, 0.3) is 10.0 Å². The predicted molar refractivity (Wildman–Crippen MR) is 140 cm³/mol. The lowest BCUT2D eigenvalue weighted by atomic mass is 9.49. The minimum Gasteiger partial charge on any atom is -0.497 e. The van der Waals surface area contributed by atoms with Crippen LogP contribution in [-0.4, -0.2) is 34.3 Å². The molecule has 2 aliphatic rings. The van der Waals surface area contributed by atoms with Gasteiger partial charge in [0.2, 0.25) is 0 Å². The SMILES string of the molecule is COC(=O)[C@]1(C)CCC[C@]2(C)c3ccc(C(C)C)cc3C(=NNS(=O)(=O)c3ccc(OC)cc3)CC12. The average molecular weight is 513 g/mol. The van der Waals surface area contributed by atoms with E-state index in [-0.39, 0.29) is 22.2 Å². The lowest BCUT2D eigenvalue weighted by Crippen LogP contribution is -2.54. The molecule has 0 aliphatic heterocycles. The van der Waals surface area contributed by atoms with Crippen LogP contribution in [0.25, 0.3) is 0 Å². The Hall–Kier alpha value is -2.87. The molecule has 0 radical (unpaired) electrons. The molecule has 1 unspecified atom stereocenters. The predicted octanol–water partition coefficient (Wildman–Crippen LogP) is 5.14. The van der Waals surface area contributed by atoms with Gasteiger partial charge in [0.05, 0.1) is 30.2 Å². The van der Waals surface area contributed by atoms with Gasteiger partial charge in [-0.2, -0.15) is 18.4 Å². The first-order valence-electron chi connectivity index (χ1n) is 12.4. The molecular formula is C28H36N2O5S. The number of nitrogens with zero attached hydrogens (tertiary/aromatic N) is 1. The summed E-state index contributed by atoms with van der Waals surface area (Å²) in [7, 11) is -0.930. The molecule has 194 valence electrons. The van der Waals surface area contributed by atoms with Crippen molar-refractivity contribution < 1.29 is 22.7 Å². The highest BCUT2D eigenvalue weighted by molar-refractivity contribution is 7.89. The molecular weight excluding hydrogens is 476 g/mol. The Morgan fingerprint density at radius 3 is 2.39 bits per heavy atom. The van der Waals surface area contributed by atoms with Crippen LogP contribution in [0.15, 0.2) is 52.5 Å². The van der Waals surface area contributed by atoms with Crippen molar-refractivity contribution >= 4 is 21.7 Å². The van der Waals surface area contributed by atoms with E-state index >= 15 is 0 Å². The quantitative estimate of drug-likeness (QED) is 0.427. The second-order valence-corrected chi connectivity index (χ2v) is 12.4. The van der Waals surface area contributed by atoms with Gasteiger partial charge in [0.15, 0.2) is 0 Å². The summed E-state index contributed by atoms with van der Waals surface area (Å²) >= 11 is 0. The molecule has 0 amide bonds. The largest absolute Gasteiger partial charge is 0.497 e. The van der Waals surface area contributed by atoms with Crippen LogP contribution >= 0.6 is 0 Å². The lowest BCUT2D eigenvalue weighted by molar-refractivity contribution is -0.160. The van der Waals surface area contributed by atoms with Crippen molar-refractivity contribution in [2.45, 2.75) is 69.6 Å². The van der Waals surface area contributed by atoms with Crippen LogP contribution in [0.1, 0.15) is 76.0 Å². The second-order valence-electron chi connectivity index (χ2n) is 10.7. The highest BCUT2D eigenvalue weighted by Crippen LogP contribution is 2.57. The van der Waals surface area contributed by atoms with E-state index in [1.165, 1.54) is 26.4 Å². The summed E-state index contributed by atoms with van der Waals surface area (Å²) < 4.78 is 36.5. The summed E-state index contributed by atoms with van der Waals surface area (Å²) in [4.78, 5) is 15.6. The van der Waals surface area contributed by atoms with E-state index in [0.717, 1.165) is 36.0 Å². The van der Waals surface area contributed by atoms with Gasteiger partial charge in [-0.1, -0.05) is 39.3 Å². The van der Waals surface area contributed by atoms with Crippen molar-refractivity contribution in [2.75, 3.05) is 14.2 Å². The summed E-state index contributed by atoms with van der Waals surface area (Å²) in [6.07, 6.45) is 3.07. The number of hydrogen-bond acceptors (Lipinski definition) is 6. The Kier molecular flexibility index (Phi) is 6.94. The van der Waals surface area contributed by atoms with Crippen molar-refractivity contribution in [1.29, 1.82) is 0 Å². The number of nitrogens with one attached hydrogen (secondary N) is 1. The van der Waals surface area contributed by atoms with Crippen LogP contribution < -0.4 is 9.57 Å². The van der Waals surface area contributed by atoms with E-state index in [4.69, 9.17) is 9.47 Å². The summed E-state index contributed by atoms with van der Waals surface area (Å²) in [5.41, 5.74) is 2.93. The number of carbonyl (C=O) groups is 1. The Morgan fingerprint density at radius 1 is 1.08 bits per heavy atom. The zero-order valence-electron chi connectivity index (χ0n) is 21.9. The van der Waals surface area contributed by atoms with Crippen LogP contribution in [0.5, 0.6) is 5.75 Å². The van der Waals surface area contributed by atoms with Crippen LogP contribution in [0.2, 0.25) is 0 Å². The number of carbonyl (C=O) groups excluding carboxylic acids is 1. The highest BCUT2D eigenvalue weighted by atomic mass is 32.2. The summed E-state index contributed by atoms with van der Waals surface area (Å²) in [5.74, 6) is 0.581. The zero-order valence-corrected chi connectivity index (χ0v) is 22.7. The number of benzene rings is 2. The van der Waals surface area contributed by atoms with Crippen molar-refractivity contribution in [3.8, 4) is 5.75 Å². The Labute approximate surface area is 214 Å². The fourth-order valence-corrected chi connectivity index (χ4v) is 6.94. The smallest absolute Gasteiger partial charge is 0.311 e. The molecule has 1 saturated carbocycles. The summed E-state index contributed by atoms with van der Waals surface area (Å²) in [5, 5.41) is 4.48. The monoisotopic (exact) mass is 512 g/mol. The zero-order chi connectivity index (χ0) is 26.3. The first kappa shape index (κ1) is 26.2. The van der Waals surface area contributed by atoms with Gasteiger partial charge in [-0.15, -0.1) is 0 Å². The lowest BCUT2D eigenvalue weighted by Gasteiger charge is -2.54. The first-order valence-corrected chi connectivity index (χ1v) is 13.9. The van der Waals surface area contributed by atoms with Gasteiger partial charge in [0.1, 0.15) is 5.75 Å². The van der Waals surface area contributed by atoms with Gasteiger partial charge >= 0.3 is 5.97 Å². The van der Waals surface area contributed by atoms with Crippen molar-refractivity contribution in [3.05, 3.63) is 59.2 Å². The van der Waals surface area contributed by atoms with Gasteiger partial charge in [0, 0.05) is 5.56 Å². The third-order valence-electron chi connectivity index (χ3n) is 8.29. The number of hydrogen-bond donors (Lipinski definition) is 1. The topological polar surface area (TPSA) is 94.1 Å². The normalized spacial score (nSPS) is 26.8. The minimum absolute atomic E-state index is 0.0761. The van der Waals surface area contributed by atoms with E-state index in [0.29, 0.717) is 23.8 Å². The molecule has 8 heteroatoms. The van der Waals surface area contributed by atoms with Crippen LogP contribution in [-0.2, 0) is 25.0 Å². The molecule has 2 aromatic carbocycles. The fourth-order valence-electron chi connectivity index (χ4n) is 6.11. The van der Waals surface area contributed by atoms with Crippen molar-refractivity contribution in [2.24, 2.45) is 16.4 Å². The summed E-state index contributed by atoms with van der Waals surface area (Å²) in [6.45, 7) is 8.47. The molecule has 2 aliphatic carbocycles. The number of methoxy groups -OCH3 is 2. The highest BCUT2D eigenvalue weighted by Gasteiger charge is 2.56. The van der Waals surface area contributed by atoms with Crippen molar-refractivity contribution in [1.82, 2.24) is 4.83 Å². The third-order valence-corrected chi connectivity index (χ3v) is 9.51. The third kappa shape index (κ3) is 4.40. The maximum Gasteiger partial charge on any atom is 0.311 e. The molecule has 1 N–H and O–H groups in total.